The third-order valence-electron chi connectivity index (χ3n) is 6.69. The molecule has 3 atom stereocenters. The number of carboxylic acids is 1. The normalized spacial score (nSPS) is 15.0. The first-order chi connectivity index (χ1) is 16.0. The SMILES string of the molecule is CCO[Si](C)(CCCCCCC(C=O)C(c1ccccc1O)C(CC(=O)O)C(C)(C)C)OCC. The van der Waals surface area contributed by atoms with Crippen molar-refractivity contribution in [3.05, 3.63) is 29.8 Å². The number of para-hydroxylation sites is 1. The summed E-state index contributed by atoms with van der Waals surface area (Å²) in [6, 6.07) is 7.97. The smallest absolute Gasteiger partial charge is 0.334 e. The van der Waals surface area contributed by atoms with Crippen LogP contribution in [0, 0.1) is 17.3 Å². The Morgan fingerprint density at radius 3 is 2.15 bits per heavy atom. The average molecular weight is 495 g/mol. The first-order valence-electron chi connectivity index (χ1n) is 12.7. The molecule has 34 heavy (non-hydrogen) atoms. The molecule has 0 heterocycles. The van der Waals surface area contributed by atoms with E-state index < -0.39 is 14.5 Å². The number of aromatic hydroxyl groups is 1. The summed E-state index contributed by atoms with van der Waals surface area (Å²) in [5, 5.41) is 20.2. The van der Waals surface area contributed by atoms with Crippen LogP contribution < -0.4 is 0 Å². The van der Waals surface area contributed by atoms with Crippen LogP contribution in [0.2, 0.25) is 12.6 Å². The Bertz CT molecular complexity index is 739. The third kappa shape index (κ3) is 9.88. The zero-order valence-electron chi connectivity index (χ0n) is 22.0. The highest BCUT2D eigenvalue weighted by atomic mass is 28.4. The number of hydrogen-bond acceptors (Lipinski definition) is 5. The van der Waals surface area contributed by atoms with Gasteiger partial charge in [0.25, 0.3) is 0 Å². The zero-order chi connectivity index (χ0) is 25.8. The van der Waals surface area contributed by atoms with Gasteiger partial charge in [0, 0.05) is 31.5 Å². The van der Waals surface area contributed by atoms with Crippen molar-refractivity contribution in [2.75, 3.05) is 13.2 Å². The molecule has 0 fully saturated rings. The molecular weight excluding hydrogens is 448 g/mol. The van der Waals surface area contributed by atoms with Crippen molar-refractivity contribution >= 4 is 20.8 Å². The second-order valence-corrected chi connectivity index (χ2v) is 13.8. The molecule has 0 saturated carbocycles. The van der Waals surface area contributed by atoms with Crippen LogP contribution in [0.15, 0.2) is 24.3 Å². The van der Waals surface area contributed by atoms with Crippen molar-refractivity contribution in [1.29, 1.82) is 0 Å². The van der Waals surface area contributed by atoms with Gasteiger partial charge in [0.2, 0.25) is 0 Å². The van der Waals surface area contributed by atoms with Gasteiger partial charge in [-0.25, -0.2) is 0 Å². The molecule has 0 saturated heterocycles. The fourth-order valence-corrected chi connectivity index (χ4v) is 7.47. The predicted octanol–water partition coefficient (Wildman–Crippen LogP) is 6.52. The van der Waals surface area contributed by atoms with E-state index in [0.29, 0.717) is 25.2 Å². The van der Waals surface area contributed by atoms with Crippen molar-refractivity contribution < 1.29 is 28.7 Å². The van der Waals surface area contributed by atoms with Gasteiger partial charge in [0.05, 0.1) is 0 Å². The molecule has 3 unspecified atom stereocenters. The molecule has 1 aromatic rings. The standard InChI is InChI=1S/C27H46O6Si/c1-7-32-34(6,33-8-2)18-14-10-9-11-15-21(20-28)26(22-16-12-13-17-24(22)29)23(19-25(30)31)27(3,4)5/h12-13,16-17,20-21,23,26,29H,7-11,14-15,18-19H2,1-6H3,(H,30,31). The van der Waals surface area contributed by atoms with E-state index in [4.69, 9.17) is 8.85 Å². The van der Waals surface area contributed by atoms with E-state index in [1.807, 2.05) is 46.8 Å². The number of unbranched alkanes of at least 4 members (excludes halogenated alkanes) is 3. The lowest BCUT2D eigenvalue weighted by molar-refractivity contribution is -0.140. The average Bonchev–Trinajstić information content (AvgIpc) is 2.74. The summed E-state index contributed by atoms with van der Waals surface area (Å²) in [5.41, 5.74) is 0.316. The number of hydrogen-bond donors (Lipinski definition) is 2. The molecule has 0 aromatic heterocycles. The van der Waals surface area contributed by atoms with Gasteiger partial charge >= 0.3 is 14.5 Å². The Kier molecular flexibility index (Phi) is 13.1. The summed E-state index contributed by atoms with van der Waals surface area (Å²) < 4.78 is 11.8. The molecule has 0 spiro atoms. The van der Waals surface area contributed by atoms with Crippen molar-refractivity contribution in [3.8, 4) is 5.75 Å². The number of phenolic OH excluding ortho intramolecular Hbond substituents is 1. The number of carbonyl (C=O) groups excluding carboxylic acids is 1. The molecule has 0 bridgehead atoms. The number of aliphatic carboxylic acids is 1. The van der Waals surface area contributed by atoms with Gasteiger partial charge in [-0.2, -0.15) is 0 Å². The maximum atomic E-state index is 12.3. The summed E-state index contributed by atoms with van der Waals surface area (Å²) >= 11 is 0. The fourth-order valence-electron chi connectivity index (χ4n) is 4.98. The van der Waals surface area contributed by atoms with Crippen molar-refractivity contribution in [2.24, 2.45) is 17.3 Å². The zero-order valence-corrected chi connectivity index (χ0v) is 23.0. The predicted molar refractivity (Wildman–Crippen MR) is 138 cm³/mol. The molecule has 194 valence electrons. The maximum absolute atomic E-state index is 12.3. The van der Waals surface area contributed by atoms with E-state index in [-0.39, 0.29) is 35.3 Å². The quantitative estimate of drug-likeness (QED) is 0.145. The van der Waals surface area contributed by atoms with Gasteiger partial charge in [0.1, 0.15) is 12.0 Å². The Labute approximate surface area is 207 Å². The molecule has 0 amide bonds. The van der Waals surface area contributed by atoms with E-state index >= 15 is 0 Å². The van der Waals surface area contributed by atoms with Crippen LogP contribution in [0.3, 0.4) is 0 Å². The number of aldehydes is 1. The molecule has 0 radical (unpaired) electrons. The van der Waals surface area contributed by atoms with Gasteiger partial charge < -0.3 is 23.9 Å². The van der Waals surface area contributed by atoms with Gasteiger partial charge in [-0.15, -0.1) is 0 Å². The lowest BCUT2D eigenvalue weighted by Gasteiger charge is -2.39. The van der Waals surface area contributed by atoms with Crippen LogP contribution in [-0.4, -0.2) is 44.2 Å². The van der Waals surface area contributed by atoms with E-state index in [1.54, 1.807) is 12.1 Å². The summed E-state index contributed by atoms with van der Waals surface area (Å²) in [5.74, 6) is -1.78. The van der Waals surface area contributed by atoms with Gasteiger partial charge in [-0.05, 0) is 55.8 Å². The van der Waals surface area contributed by atoms with E-state index in [0.717, 1.165) is 38.0 Å². The lowest BCUT2D eigenvalue weighted by Crippen LogP contribution is -2.38. The van der Waals surface area contributed by atoms with Crippen LogP contribution in [0.4, 0.5) is 0 Å². The monoisotopic (exact) mass is 494 g/mol. The Morgan fingerprint density at radius 2 is 1.65 bits per heavy atom. The highest BCUT2D eigenvalue weighted by Gasteiger charge is 2.40. The van der Waals surface area contributed by atoms with Gasteiger partial charge in [-0.3, -0.25) is 4.79 Å². The van der Waals surface area contributed by atoms with Gasteiger partial charge in [-0.1, -0.05) is 64.7 Å². The van der Waals surface area contributed by atoms with Crippen molar-refractivity contribution in [1.82, 2.24) is 0 Å². The molecule has 6 nitrogen and oxygen atoms in total. The molecule has 1 aromatic carbocycles. The number of carbonyl (C=O) groups is 2. The summed E-state index contributed by atoms with van der Waals surface area (Å²) in [4.78, 5) is 24.0. The Balaban J connectivity index is 2.91. The minimum absolute atomic E-state index is 0.0507. The second kappa shape index (κ2) is 14.6. The van der Waals surface area contributed by atoms with Crippen LogP contribution >= 0.6 is 0 Å². The molecule has 2 N–H and O–H groups in total. The summed E-state index contributed by atoms with van der Waals surface area (Å²) in [6.07, 6.45) is 5.50. The first kappa shape index (κ1) is 30.3. The van der Waals surface area contributed by atoms with Crippen LogP contribution in [0.5, 0.6) is 5.75 Å². The van der Waals surface area contributed by atoms with Crippen LogP contribution in [-0.2, 0) is 18.4 Å². The lowest BCUT2D eigenvalue weighted by atomic mass is 9.64. The van der Waals surface area contributed by atoms with Crippen LogP contribution in [0.25, 0.3) is 0 Å². The Morgan fingerprint density at radius 1 is 1.06 bits per heavy atom. The van der Waals surface area contributed by atoms with E-state index in [2.05, 4.69) is 6.55 Å². The van der Waals surface area contributed by atoms with E-state index in [1.165, 1.54) is 0 Å². The molecule has 0 aliphatic heterocycles. The first-order valence-corrected chi connectivity index (χ1v) is 15.2. The largest absolute Gasteiger partial charge is 0.508 e. The molecular formula is C27H46O6Si. The number of phenols is 1. The summed E-state index contributed by atoms with van der Waals surface area (Å²) in [6.45, 7) is 13.5. The number of benzene rings is 1. The minimum Gasteiger partial charge on any atom is -0.508 e. The highest BCUT2D eigenvalue weighted by molar-refractivity contribution is 6.66. The van der Waals surface area contributed by atoms with Crippen molar-refractivity contribution in [3.63, 3.8) is 0 Å². The van der Waals surface area contributed by atoms with E-state index in [9.17, 15) is 19.8 Å². The number of rotatable bonds is 17. The number of carboxylic acid groups (broad SMARTS) is 1. The maximum Gasteiger partial charge on any atom is 0.334 e. The highest BCUT2D eigenvalue weighted by Crippen LogP contribution is 2.47. The minimum atomic E-state index is -2.10. The second-order valence-electron chi connectivity index (χ2n) is 10.4. The van der Waals surface area contributed by atoms with Gasteiger partial charge in [0.15, 0.2) is 0 Å². The molecule has 0 aliphatic carbocycles. The summed E-state index contributed by atoms with van der Waals surface area (Å²) in [7, 11) is -2.10. The molecule has 7 heteroatoms. The molecule has 0 aliphatic rings. The topological polar surface area (TPSA) is 93.1 Å². The van der Waals surface area contributed by atoms with Crippen molar-refractivity contribution in [2.45, 2.75) is 91.7 Å². The molecule has 1 rings (SSSR count). The fraction of sp³-hybridized carbons (Fsp3) is 0.704. The Hall–Kier alpha value is -1.70. The van der Waals surface area contributed by atoms with Crippen LogP contribution in [0.1, 0.15) is 84.6 Å². The third-order valence-corrected chi connectivity index (χ3v) is 9.75.